The summed E-state index contributed by atoms with van der Waals surface area (Å²) in [6.45, 7) is 1.56. The number of anilines is 1. The fourth-order valence-corrected chi connectivity index (χ4v) is 4.22. The Hall–Kier alpha value is -1.55. The van der Waals surface area contributed by atoms with Gasteiger partial charge in [-0.15, -0.1) is 0 Å². The van der Waals surface area contributed by atoms with Crippen LogP contribution in [0.3, 0.4) is 0 Å². The first kappa shape index (κ1) is 14.1. The summed E-state index contributed by atoms with van der Waals surface area (Å²) < 4.78 is 5.80. The van der Waals surface area contributed by atoms with Crippen molar-refractivity contribution in [3.63, 3.8) is 0 Å². The predicted molar refractivity (Wildman–Crippen MR) is 85.9 cm³/mol. The summed E-state index contributed by atoms with van der Waals surface area (Å²) in [5.74, 6) is 0.173. The first-order valence-corrected chi connectivity index (χ1v) is 8.59. The van der Waals surface area contributed by atoms with Crippen molar-refractivity contribution in [1.29, 1.82) is 0 Å². The number of para-hydroxylation sites is 1. The van der Waals surface area contributed by atoms with Gasteiger partial charge < -0.3 is 15.0 Å². The topological polar surface area (TPSA) is 41.6 Å². The van der Waals surface area contributed by atoms with Gasteiger partial charge in [-0.3, -0.25) is 4.79 Å². The molecule has 1 N–H and O–H groups in total. The van der Waals surface area contributed by atoms with Crippen molar-refractivity contribution in [2.45, 2.75) is 56.7 Å². The molecule has 1 aliphatic carbocycles. The van der Waals surface area contributed by atoms with Crippen LogP contribution in [-0.4, -0.2) is 35.7 Å². The molecule has 1 unspecified atom stereocenters. The first-order valence-electron chi connectivity index (χ1n) is 8.59. The highest BCUT2D eigenvalue weighted by atomic mass is 16.5. The van der Waals surface area contributed by atoms with Crippen LogP contribution in [0.2, 0.25) is 0 Å². The molecule has 1 aromatic rings. The third-order valence-electron chi connectivity index (χ3n) is 5.38. The van der Waals surface area contributed by atoms with Crippen LogP contribution in [0.4, 0.5) is 5.69 Å². The highest BCUT2D eigenvalue weighted by Gasteiger charge is 2.45. The zero-order chi connectivity index (χ0) is 15.0. The maximum atomic E-state index is 13.1. The Morgan fingerprint density at radius 1 is 1.18 bits per heavy atom. The quantitative estimate of drug-likeness (QED) is 0.910. The van der Waals surface area contributed by atoms with E-state index in [1.807, 2.05) is 24.3 Å². The lowest BCUT2D eigenvalue weighted by atomic mass is 9.84. The molecule has 1 saturated heterocycles. The molecular formula is C18H24N2O2. The molecule has 1 saturated carbocycles. The average Bonchev–Trinajstić information content (AvgIpc) is 3.06. The Labute approximate surface area is 131 Å². The molecule has 1 atom stereocenters. The van der Waals surface area contributed by atoms with Crippen LogP contribution in [-0.2, 0) is 4.74 Å². The van der Waals surface area contributed by atoms with E-state index >= 15 is 0 Å². The van der Waals surface area contributed by atoms with E-state index in [0.717, 1.165) is 50.1 Å². The summed E-state index contributed by atoms with van der Waals surface area (Å²) in [7, 11) is 0. The number of rotatable bonds is 2. The third kappa shape index (κ3) is 2.30. The lowest BCUT2D eigenvalue weighted by Crippen LogP contribution is -2.62. The molecule has 3 aliphatic rings. The van der Waals surface area contributed by atoms with Gasteiger partial charge in [-0.25, -0.2) is 0 Å². The van der Waals surface area contributed by atoms with Gasteiger partial charge in [-0.05, 0) is 50.7 Å². The molecule has 118 valence electrons. The highest BCUT2D eigenvalue weighted by molar-refractivity contribution is 6.02. The van der Waals surface area contributed by atoms with Crippen molar-refractivity contribution in [1.82, 2.24) is 4.90 Å². The Bertz CT molecular complexity index is 560. The molecule has 1 spiro atoms. The minimum atomic E-state index is -0.199. The fraction of sp³-hybridized carbons (Fsp3) is 0.611. The molecule has 4 nitrogen and oxygen atoms in total. The Morgan fingerprint density at radius 3 is 2.77 bits per heavy atom. The third-order valence-corrected chi connectivity index (χ3v) is 5.38. The van der Waals surface area contributed by atoms with Gasteiger partial charge in [0.25, 0.3) is 5.91 Å². The summed E-state index contributed by atoms with van der Waals surface area (Å²) in [5, 5.41) is 3.72. The Kier molecular flexibility index (Phi) is 3.57. The van der Waals surface area contributed by atoms with Gasteiger partial charge in [-0.2, -0.15) is 0 Å². The summed E-state index contributed by atoms with van der Waals surface area (Å²) in [5.41, 5.74) is 1.60. The standard InChI is InChI=1S/C18H24N2O2/c21-17-15-8-2-3-9-16(15)19-18(10-4-1-5-11-18)20(17)13-14-7-6-12-22-14/h2-3,8-9,14,19H,1,4-7,10-13H2. The number of hydrogen-bond donors (Lipinski definition) is 1. The summed E-state index contributed by atoms with van der Waals surface area (Å²) in [4.78, 5) is 15.2. The van der Waals surface area contributed by atoms with Gasteiger partial charge in [-0.1, -0.05) is 18.6 Å². The molecular weight excluding hydrogens is 276 g/mol. The van der Waals surface area contributed by atoms with Crippen LogP contribution in [0.1, 0.15) is 55.3 Å². The van der Waals surface area contributed by atoms with Crippen LogP contribution >= 0.6 is 0 Å². The number of ether oxygens (including phenoxy) is 1. The molecule has 1 aromatic carbocycles. The van der Waals surface area contributed by atoms with Crippen molar-refractivity contribution in [3.05, 3.63) is 29.8 Å². The van der Waals surface area contributed by atoms with E-state index in [2.05, 4.69) is 10.2 Å². The van der Waals surface area contributed by atoms with Gasteiger partial charge in [0.2, 0.25) is 0 Å². The fourth-order valence-electron chi connectivity index (χ4n) is 4.22. The summed E-state index contributed by atoms with van der Waals surface area (Å²) in [6, 6.07) is 7.92. The van der Waals surface area contributed by atoms with Crippen molar-refractivity contribution in [2.24, 2.45) is 0 Å². The monoisotopic (exact) mass is 300 g/mol. The number of hydrogen-bond acceptors (Lipinski definition) is 3. The molecule has 0 aromatic heterocycles. The second-order valence-electron chi connectivity index (χ2n) is 6.81. The molecule has 22 heavy (non-hydrogen) atoms. The predicted octanol–water partition coefficient (Wildman–Crippen LogP) is 3.39. The number of amides is 1. The van der Waals surface area contributed by atoms with Gasteiger partial charge in [0.05, 0.1) is 11.7 Å². The largest absolute Gasteiger partial charge is 0.376 e. The van der Waals surface area contributed by atoms with Crippen LogP contribution in [0.25, 0.3) is 0 Å². The molecule has 2 aliphatic heterocycles. The first-order chi connectivity index (χ1) is 10.8. The zero-order valence-corrected chi connectivity index (χ0v) is 13.0. The smallest absolute Gasteiger partial charge is 0.257 e. The molecule has 2 fully saturated rings. The van der Waals surface area contributed by atoms with Crippen molar-refractivity contribution in [2.75, 3.05) is 18.5 Å². The number of benzene rings is 1. The van der Waals surface area contributed by atoms with Gasteiger partial charge in [0.1, 0.15) is 5.66 Å². The number of carbonyl (C=O) groups excluding carboxylic acids is 1. The van der Waals surface area contributed by atoms with Crippen molar-refractivity contribution in [3.8, 4) is 0 Å². The Morgan fingerprint density at radius 2 is 2.00 bits per heavy atom. The molecule has 2 heterocycles. The van der Waals surface area contributed by atoms with Crippen LogP contribution in [0.15, 0.2) is 24.3 Å². The van der Waals surface area contributed by atoms with Crippen molar-refractivity contribution >= 4 is 11.6 Å². The highest BCUT2D eigenvalue weighted by Crippen LogP contribution is 2.40. The second-order valence-corrected chi connectivity index (χ2v) is 6.81. The van der Waals surface area contributed by atoms with E-state index in [9.17, 15) is 4.79 Å². The minimum Gasteiger partial charge on any atom is -0.376 e. The molecule has 0 radical (unpaired) electrons. The SMILES string of the molecule is O=C1c2ccccc2NC2(CCCCC2)N1CC1CCCO1. The molecule has 0 bridgehead atoms. The Balaban J connectivity index is 1.69. The van der Waals surface area contributed by atoms with E-state index in [1.165, 1.54) is 19.3 Å². The number of carbonyl (C=O) groups is 1. The number of nitrogens with one attached hydrogen (secondary N) is 1. The minimum absolute atomic E-state index is 0.173. The normalized spacial score (nSPS) is 26.8. The van der Waals surface area contributed by atoms with Crippen LogP contribution in [0, 0.1) is 0 Å². The van der Waals surface area contributed by atoms with E-state index in [1.54, 1.807) is 0 Å². The van der Waals surface area contributed by atoms with E-state index < -0.39 is 0 Å². The van der Waals surface area contributed by atoms with E-state index in [4.69, 9.17) is 4.74 Å². The molecule has 4 rings (SSSR count). The lowest BCUT2D eigenvalue weighted by molar-refractivity contribution is 0.0108. The van der Waals surface area contributed by atoms with Gasteiger partial charge in [0.15, 0.2) is 0 Å². The second kappa shape index (κ2) is 5.58. The lowest BCUT2D eigenvalue weighted by Gasteiger charge is -2.51. The zero-order valence-electron chi connectivity index (χ0n) is 13.0. The summed E-state index contributed by atoms with van der Waals surface area (Å²) >= 11 is 0. The van der Waals surface area contributed by atoms with Crippen LogP contribution < -0.4 is 5.32 Å². The van der Waals surface area contributed by atoms with Gasteiger partial charge in [0, 0.05) is 18.8 Å². The van der Waals surface area contributed by atoms with E-state index in [-0.39, 0.29) is 17.7 Å². The maximum Gasteiger partial charge on any atom is 0.257 e. The number of nitrogens with zero attached hydrogens (tertiary/aromatic N) is 1. The summed E-state index contributed by atoms with van der Waals surface area (Å²) in [6.07, 6.45) is 8.11. The molecule has 4 heteroatoms. The van der Waals surface area contributed by atoms with Crippen molar-refractivity contribution < 1.29 is 9.53 Å². The number of fused-ring (bicyclic) bond motifs is 1. The van der Waals surface area contributed by atoms with Gasteiger partial charge >= 0.3 is 0 Å². The average molecular weight is 300 g/mol. The van der Waals surface area contributed by atoms with E-state index in [0.29, 0.717) is 0 Å². The molecule has 1 amide bonds. The van der Waals surface area contributed by atoms with Crippen LogP contribution in [0.5, 0.6) is 0 Å². The maximum absolute atomic E-state index is 13.1.